The van der Waals surface area contributed by atoms with Crippen LogP contribution in [0.15, 0.2) is 58.3 Å². The number of methoxy groups -OCH3 is 1. The summed E-state index contributed by atoms with van der Waals surface area (Å²) in [7, 11) is 5.31. The van der Waals surface area contributed by atoms with Gasteiger partial charge in [-0.25, -0.2) is 4.99 Å². The molecule has 0 N–H and O–H groups in total. The van der Waals surface area contributed by atoms with E-state index in [1.807, 2.05) is 73.6 Å². The van der Waals surface area contributed by atoms with Crippen LogP contribution in [0.4, 0.5) is 5.69 Å². The number of para-hydroxylation sites is 1. The van der Waals surface area contributed by atoms with Crippen molar-refractivity contribution in [2.24, 2.45) is 10.9 Å². The molecule has 2 aliphatic heterocycles. The van der Waals surface area contributed by atoms with Crippen LogP contribution in [-0.2, 0) is 9.53 Å². The van der Waals surface area contributed by atoms with Crippen LogP contribution < -0.4 is 24.5 Å². The van der Waals surface area contributed by atoms with Gasteiger partial charge in [-0.2, -0.15) is 0 Å². The lowest BCUT2D eigenvalue weighted by Gasteiger charge is -2.44. The van der Waals surface area contributed by atoms with Crippen molar-refractivity contribution < 1.29 is 14.3 Å². The molecule has 164 valence electrons. The second-order valence-corrected chi connectivity index (χ2v) is 9.32. The van der Waals surface area contributed by atoms with Crippen molar-refractivity contribution >= 4 is 29.1 Å². The maximum absolute atomic E-state index is 13.5. The SMILES string of the molecule is COC(=O)C1C2c3ccccc3O[C@@]1(C)N=c1sc(=Cc3ccc(N(C)C)cc3)c(=O)n12. The maximum Gasteiger partial charge on any atom is 0.317 e. The number of anilines is 1. The van der Waals surface area contributed by atoms with Crippen LogP contribution in [-0.4, -0.2) is 37.5 Å². The molecule has 0 saturated carbocycles. The number of hydrogen-bond acceptors (Lipinski definition) is 7. The van der Waals surface area contributed by atoms with Crippen molar-refractivity contribution in [2.45, 2.75) is 18.7 Å². The minimum atomic E-state index is -1.16. The molecule has 3 atom stereocenters. The van der Waals surface area contributed by atoms with Gasteiger partial charge in [0.2, 0.25) is 5.72 Å². The number of fused-ring (bicyclic) bond motifs is 6. The molecule has 3 heterocycles. The molecule has 2 aliphatic rings. The van der Waals surface area contributed by atoms with Crippen LogP contribution in [0.5, 0.6) is 5.75 Å². The molecular formula is C24H23N3O4S. The van der Waals surface area contributed by atoms with Crippen LogP contribution >= 0.6 is 11.3 Å². The van der Waals surface area contributed by atoms with Crippen molar-refractivity contribution in [3.8, 4) is 5.75 Å². The van der Waals surface area contributed by atoms with Crippen molar-refractivity contribution in [1.29, 1.82) is 0 Å². The summed E-state index contributed by atoms with van der Waals surface area (Å²) in [5.41, 5.74) is 1.44. The summed E-state index contributed by atoms with van der Waals surface area (Å²) in [4.78, 5) is 33.7. The standard InChI is InChI=1S/C24H23N3O4S/c1-24-19(22(29)30-4)20(16-7-5-6-8-17(16)31-24)27-21(28)18(32-23(27)25-24)13-14-9-11-15(12-10-14)26(2)3/h5-13,19-20H,1-4H3/t19?,20?,24-/m1/s1. The van der Waals surface area contributed by atoms with Crippen molar-refractivity contribution in [1.82, 2.24) is 4.57 Å². The zero-order chi connectivity index (χ0) is 22.6. The third-order valence-corrected chi connectivity index (χ3v) is 7.03. The summed E-state index contributed by atoms with van der Waals surface area (Å²) < 4.78 is 13.5. The normalized spacial score (nSPS) is 23.4. The maximum atomic E-state index is 13.5. The topological polar surface area (TPSA) is 73.1 Å². The number of carbonyl (C=O) groups is 1. The Balaban J connectivity index is 1.72. The van der Waals surface area contributed by atoms with Crippen molar-refractivity contribution in [3.63, 3.8) is 0 Å². The number of carbonyl (C=O) groups excluding carboxylic acids is 1. The van der Waals surface area contributed by atoms with Gasteiger partial charge < -0.3 is 14.4 Å². The highest BCUT2D eigenvalue weighted by atomic mass is 32.1. The summed E-state index contributed by atoms with van der Waals surface area (Å²) >= 11 is 1.30. The summed E-state index contributed by atoms with van der Waals surface area (Å²) in [5.74, 6) is -0.601. The molecule has 1 aromatic heterocycles. The van der Waals surface area contributed by atoms with E-state index in [4.69, 9.17) is 14.5 Å². The van der Waals surface area contributed by atoms with E-state index in [9.17, 15) is 9.59 Å². The van der Waals surface area contributed by atoms with E-state index in [0.717, 1.165) is 16.8 Å². The minimum absolute atomic E-state index is 0.178. The molecule has 0 amide bonds. The van der Waals surface area contributed by atoms with E-state index in [1.54, 1.807) is 11.5 Å². The number of esters is 1. The van der Waals surface area contributed by atoms with Crippen LogP contribution in [0.3, 0.4) is 0 Å². The third-order valence-electron chi connectivity index (χ3n) is 6.04. The van der Waals surface area contributed by atoms with Gasteiger partial charge in [-0.1, -0.05) is 41.7 Å². The first-order chi connectivity index (χ1) is 15.3. The van der Waals surface area contributed by atoms with Gasteiger partial charge in [0.05, 0.1) is 17.7 Å². The monoisotopic (exact) mass is 449 g/mol. The van der Waals surface area contributed by atoms with Crippen LogP contribution in [0.2, 0.25) is 0 Å². The Morgan fingerprint density at radius 3 is 2.62 bits per heavy atom. The minimum Gasteiger partial charge on any atom is -0.469 e. The second-order valence-electron chi connectivity index (χ2n) is 8.31. The van der Waals surface area contributed by atoms with E-state index >= 15 is 0 Å². The molecule has 2 bridgehead atoms. The summed E-state index contributed by atoms with van der Waals surface area (Å²) in [5, 5.41) is 0. The molecule has 32 heavy (non-hydrogen) atoms. The molecule has 0 radical (unpaired) electrons. The third kappa shape index (κ3) is 3.05. The van der Waals surface area contributed by atoms with E-state index in [-0.39, 0.29) is 5.56 Å². The number of nitrogens with zero attached hydrogens (tertiary/aromatic N) is 3. The molecule has 0 aliphatic carbocycles. The Hall–Kier alpha value is -3.39. The second kappa shape index (κ2) is 7.34. The molecule has 2 aromatic carbocycles. The number of hydrogen-bond donors (Lipinski definition) is 0. The highest BCUT2D eigenvalue weighted by Gasteiger charge is 2.55. The van der Waals surface area contributed by atoms with Crippen LogP contribution in [0, 0.1) is 5.92 Å². The Kier molecular flexibility index (Phi) is 4.70. The fraction of sp³-hybridized carbons (Fsp3) is 0.292. The summed E-state index contributed by atoms with van der Waals surface area (Å²) in [6.45, 7) is 1.77. The lowest BCUT2D eigenvalue weighted by molar-refractivity contribution is -0.158. The fourth-order valence-corrected chi connectivity index (χ4v) is 5.55. The van der Waals surface area contributed by atoms with Gasteiger partial charge in [0.15, 0.2) is 4.80 Å². The van der Waals surface area contributed by atoms with Gasteiger partial charge in [-0.15, -0.1) is 0 Å². The number of ether oxygens (including phenoxy) is 2. The predicted octanol–water partition coefficient (Wildman–Crippen LogP) is 1.92. The first-order valence-corrected chi connectivity index (χ1v) is 11.1. The van der Waals surface area contributed by atoms with Gasteiger partial charge in [0.1, 0.15) is 11.7 Å². The zero-order valence-electron chi connectivity index (χ0n) is 18.2. The average molecular weight is 450 g/mol. The number of thiazole rings is 1. The highest BCUT2D eigenvalue weighted by Crippen LogP contribution is 2.47. The number of benzene rings is 2. The molecule has 2 unspecified atom stereocenters. The Morgan fingerprint density at radius 2 is 1.94 bits per heavy atom. The first-order valence-electron chi connectivity index (χ1n) is 10.3. The van der Waals surface area contributed by atoms with Crippen molar-refractivity contribution in [2.75, 3.05) is 26.1 Å². The Morgan fingerprint density at radius 1 is 1.22 bits per heavy atom. The van der Waals surface area contributed by atoms with E-state index in [1.165, 1.54) is 18.4 Å². The van der Waals surface area contributed by atoms with Gasteiger partial charge in [0, 0.05) is 25.3 Å². The van der Waals surface area contributed by atoms with Gasteiger partial charge in [-0.05, 0) is 36.8 Å². The molecular weight excluding hydrogens is 426 g/mol. The Bertz CT molecular complexity index is 1390. The van der Waals surface area contributed by atoms with Gasteiger partial charge >= 0.3 is 5.97 Å². The lowest BCUT2D eigenvalue weighted by atomic mass is 9.81. The van der Waals surface area contributed by atoms with E-state index in [0.29, 0.717) is 15.1 Å². The van der Waals surface area contributed by atoms with E-state index in [2.05, 4.69) is 0 Å². The van der Waals surface area contributed by atoms with Crippen LogP contribution in [0.1, 0.15) is 24.1 Å². The Labute approximate surface area is 188 Å². The molecule has 3 aromatic rings. The number of rotatable bonds is 3. The lowest BCUT2D eigenvalue weighted by Crippen LogP contribution is -2.58. The quantitative estimate of drug-likeness (QED) is 0.572. The zero-order valence-corrected chi connectivity index (χ0v) is 19.1. The molecule has 0 spiro atoms. The molecule has 0 saturated heterocycles. The first kappa shape index (κ1) is 20.5. The highest BCUT2D eigenvalue weighted by molar-refractivity contribution is 7.07. The molecule has 5 rings (SSSR count). The molecule has 0 fully saturated rings. The smallest absolute Gasteiger partial charge is 0.317 e. The summed E-state index contributed by atoms with van der Waals surface area (Å²) in [6, 6.07) is 14.9. The van der Waals surface area contributed by atoms with E-state index < -0.39 is 23.7 Å². The molecule has 8 heteroatoms. The predicted molar refractivity (Wildman–Crippen MR) is 123 cm³/mol. The number of aromatic nitrogens is 1. The van der Waals surface area contributed by atoms with Gasteiger partial charge in [0.25, 0.3) is 5.56 Å². The van der Waals surface area contributed by atoms with Gasteiger partial charge in [-0.3, -0.25) is 14.2 Å². The fourth-order valence-electron chi connectivity index (χ4n) is 4.45. The molecule has 7 nitrogen and oxygen atoms in total. The van der Waals surface area contributed by atoms with Crippen LogP contribution in [0.25, 0.3) is 6.08 Å². The largest absolute Gasteiger partial charge is 0.469 e. The average Bonchev–Trinajstić information content (AvgIpc) is 3.06. The summed E-state index contributed by atoms with van der Waals surface area (Å²) in [6.07, 6.45) is 1.86. The van der Waals surface area contributed by atoms with Crippen molar-refractivity contribution in [3.05, 3.63) is 79.3 Å².